The number of aryl methyl sites for hydroxylation is 1. The molecule has 0 radical (unpaired) electrons. The van der Waals surface area contributed by atoms with Crippen LogP contribution in [0.3, 0.4) is 0 Å². The highest BCUT2D eigenvalue weighted by atomic mass is 32.1. The molecule has 2 heterocycles. The number of aromatic nitrogens is 1. The van der Waals surface area contributed by atoms with Crippen molar-refractivity contribution >= 4 is 34.0 Å². The Morgan fingerprint density at radius 1 is 1.35 bits per heavy atom. The molecule has 0 unspecified atom stereocenters. The van der Waals surface area contributed by atoms with Gasteiger partial charge >= 0.3 is 0 Å². The second-order valence-electron chi connectivity index (χ2n) is 4.47. The predicted molar refractivity (Wildman–Crippen MR) is 80.0 cm³/mol. The molecule has 0 atom stereocenters. The van der Waals surface area contributed by atoms with Gasteiger partial charge in [0.05, 0.1) is 5.69 Å². The van der Waals surface area contributed by atoms with Crippen molar-refractivity contribution in [3.63, 3.8) is 0 Å². The number of hydrogen-bond donors (Lipinski definition) is 3. The summed E-state index contributed by atoms with van der Waals surface area (Å²) < 4.78 is 0. The lowest BCUT2D eigenvalue weighted by Gasteiger charge is -2.17. The lowest BCUT2D eigenvalue weighted by Crippen LogP contribution is -2.21. The highest BCUT2D eigenvalue weighted by Crippen LogP contribution is 2.31. The van der Waals surface area contributed by atoms with Crippen LogP contribution in [-0.2, 0) is 11.2 Å². The largest absolute Gasteiger partial charge is 0.370 e. The molecule has 1 aromatic carbocycles. The normalized spacial score (nSPS) is 13.5. The summed E-state index contributed by atoms with van der Waals surface area (Å²) in [6, 6.07) is 5.88. The number of carbonyl (C=O) groups is 1. The van der Waals surface area contributed by atoms with E-state index in [2.05, 4.69) is 15.3 Å². The maximum absolute atomic E-state index is 11.3. The van der Waals surface area contributed by atoms with E-state index in [4.69, 9.17) is 11.5 Å². The van der Waals surface area contributed by atoms with Gasteiger partial charge in [0.1, 0.15) is 0 Å². The Bertz CT molecular complexity index is 703. The van der Waals surface area contributed by atoms with Crippen LogP contribution in [0, 0.1) is 0 Å². The summed E-state index contributed by atoms with van der Waals surface area (Å²) in [6.45, 7) is 0. The van der Waals surface area contributed by atoms with Crippen molar-refractivity contribution in [2.24, 2.45) is 16.5 Å². The van der Waals surface area contributed by atoms with E-state index in [1.165, 1.54) is 11.3 Å². The number of nitrogens with two attached hydrogens (primary N) is 2. The SMILES string of the molecule is NC(N)=Nc1nc(-c2ccc3c(c2)CCC(=O)N3)cs1. The van der Waals surface area contributed by atoms with Crippen molar-refractivity contribution in [1.29, 1.82) is 0 Å². The van der Waals surface area contributed by atoms with Crippen LogP contribution < -0.4 is 16.8 Å². The average molecular weight is 287 g/mol. The van der Waals surface area contributed by atoms with Gasteiger partial charge in [-0.05, 0) is 24.1 Å². The van der Waals surface area contributed by atoms with Crippen LogP contribution in [0.1, 0.15) is 12.0 Å². The summed E-state index contributed by atoms with van der Waals surface area (Å²) in [6.07, 6.45) is 1.27. The van der Waals surface area contributed by atoms with Crippen LogP contribution in [-0.4, -0.2) is 16.9 Å². The molecular formula is C13H13N5OS. The van der Waals surface area contributed by atoms with E-state index in [1.807, 2.05) is 23.6 Å². The fourth-order valence-electron chi connectivity index (χ4n) is 2.10. The van der Waals surface area contributed by atoms with Gasteiger partial charge in [-0.2, -0.15) is 4.99 Å². The fourth-order valence-corrected chi connectivity index (χ4v) is 2.82. The lowest BCUT2D eigenvalue weighted by atomic mass is 9.99. The standard InChI is InChI=1S/C13H13N5OS/c14-12(15)18-13-17-10(6-20-13)8-1-3-9-7(5-8)2-4-11(19)16-9/h1,3,5-6H,2,4H2,(H,16,19)(H4,14,15,17,18). The van der Waals surface area contributed by atoms with E-state index in [-0.39, 0.29) is 11.9 Å². The monoisotopic (exact) mass is 287 g/mol. The molecule has 0 spiro atoms. The number of anilines is 1. The summed E-state index contributed by atoms with van der Waals surface area (Å²) in [5.41, 5.74) is 14.5. The zero-order chi connectivity index (χ0) is 14.1. The van der Waals surface area contributed by atoms with E-state index in [9.17, 15) is 4.79 Å². The molecule has 6 nitrogen and oxygen atoms in total. The number of rotatable bonds is 2. The van der Waals surface area contributed by atoms with E-state index < -0.39 is 0 Å². The van der Waals surface area contributed by atoms with Gasteiger partial charge in [-0.15, -0.1) is 11.3 Å². The summed E-state index contributed by atoms with van der Waals surface area (Å²) in [5, 5.41) is 5.30. The smallest absolute Gasteiger partial charge is 0.224 e. The Morgan fingerprint density at radius 2 is 2.20 bits per heavy atom. The Morgan fingerprint density at radius 3 is 3.00 bits per heavy atom. The number of benzene rings is 1. The average Bonchev–Trinajstić information content (AvgIpc) is 2.85. The molecule has 1 aliphatic heterocycles. The number of hydrogen-bond acceptors (Lipinski definition) is 4. The highest BCUT2D eigenvalue weighted by Gasteiger charge is 2.15. The van der Waals surface area contributed by atoms with Crippen molar-refractivity contribution in [2.45, 2.75) is 12.8 Å². The van der Waals surface area contributed by atoms with E-state index in [1.54, 1.807) is 0 Å². The topological polar surface area (TPSA) is 106 Å². The van der Waals surface area contributed by atoms with Crippen LogP contribution >= 0.6 is 11.3 Å². The van der Waals surface area contributed by atoms with Gasteiger partial charge in [-0.3, -0.25) is 4.79 Å². The maximum atomic E-state index is 11.3. The Labute approximate surface area is 119 Å². The zero-order valence-electron chi connectivity index (χ0n) is 10.6. The van der Waals surface area contributed by atoms with Crippen molar-refractivity contribution in [2.75, 3.05) is 5.32 Å². The molecular weight excluding hydrogens is 274 g/mol. The van der Waals surface area contributed by atoms with Gasteiger partial charge < -0.3 is 16.8 Å². The Kier molecular flexibility index (Phi) is 3.11. The Balaban J connectivity index is 1.93. The second-order valence-corrected chi connectivity index (χ2v) is 5.31. The first-order valence-electron chi connectivity index (χ1n) is 6.10. The third kappa shape index (κ3) is 2.48. The Hall–Kier alpha value is -2.41. The van der Waals surface area contributed by atoms with Crippen molar-refractivity contribution in [3.8, 4) is 11.3 Å². The minimum Gasteiger partial charge on any atom is -0.370 e. The van der Waals surface area contributed by atoms with Crippen molar-refractivity contribution in [1.82, 2.24) is 4.98 Å². The maximum Gasteiger partial charge on any atom is 0.224 e. The molecule has 1 aromatic heterocycles. The highest BCUT2D eigenvalue weighted by molar-refractivity contribution is 7.13. The molecule has 0 aliphatic carbocycles. The molecule has 5 N–H and O–H groups in total. The molecule has 1 aliphatic rings. The first kappa shape index (κ1) is 12.6. The van der Waals surface area contributed by atoms with Crippen molar-refractivity contribution < 1.29 is 4.79 Å². The van der Waals surface area contributed by atoms with Gasteiger partial charge in [-0.25, -0.2) is 4.98 Å². The number of guanidine groups is 1. The molecule has 0 bridgehead atoms. The molecule has 0 saturated heterocycles. The van der Waals surface area contributed by atoms with Crippen molar-refractivity contribution in [3.05, 3.63) is 29.1 Å². The molecule has 3 rings (SSSR count). The molecule has 7 heteroatoms. The minimum absolute atomic E-state index is 0.000877. The minimum atomic E-state index is -0.000877. The molecule has 2 aromatic rings. The number of nitrogens with one attached hydrogen (secondary N) is 1. The lowest BCUT2D eigenvalue weighted by molar-refractivity contribution is -0.116. The van der Waals surface area contributed by atoms with Crippen LogP contribution in [0.2, 0.25) is 0 Å². The van der Waals surface area contributed by atoms with Gasteiger partial charge in [0.15, 0.2) is 5.96 Å². The first-order valence-corrected chi connectivity index (χ1v) is 6.98. The van der Waals surface area contributed by atoms with E-state index in [0.29, 0.717) is 11.6 Å². The summed E-state index contributed by atoms with van der Waals surface area (Å²) >= 11 is 1.38. The van der Waals surface area contributed by atoms with Gasteiger partial charge in [0, 0.05) is 23.1 Å². The fraction of sp³-hybridized carbons (Fsp3) is 0.154. The van der Waals surface area contributed by atoms with E-state index in [0.717, 1.165) is 28.9 Å². The third-order valence-electron chi connectivity index (χ3n) is 3.01. The number of carbonyl (C=O) groups excluding carboxylic acids is 1. The number of aliphatic imine (C=N–C) groups is 1. The third-order valence-corrected chi connectivity index (χ3v) is 3.75. The molecule has 1 amide bonds. The zero-order valence-corrected chi connectivity index (χ0v) is 11.4. The summed E-state index contributed by atoms with van der Waals surface area (Å²) in [7, 11) is 0. The van der Waals surface area contributed by atoms with Gasteiger partial charge in [0.2, 0.25) is 11.0 Å². The van der Waals surface area contributed by atoms with Crippen LogP contribution in [0.25, 0.3) is 11.3 Å². The van der Waals surface area contributed by atoms with Crippen LogP contribution in [0.4, 0.5) is 10.8 Å². The molecule has 0 fully saturated rings. The van der Waals surface area contributed by atoms with E-state index >= 15 is 0 Å². The van der Waals surface area contributed by atoms with Gasteiger partial charge in [-0.1, -0.05) is 6.07 Å². The summed E-state index contributed by atoms with van der Waals surface area (Å²) in [5.74, 6) is 0.0630. The van der Waals surface area contributed by atoms with Crippen LogP contribution in [0.5, 0.6) is 0 Å². The predicted octanol–water partition coefficient (Wildman–Crippen LogP) is 1.60. The number of nitrogens with zero attached hydrogens (tertiary/aromatic N) is 2. The molecule has 0 saturated carbocycles. The van der Waals surface area contributed by atoms with Crippen LogP contribution in [0.15, 0.2) is 28.6 Å². The molecule has 102 valence electrons. The first-order chi connectivity index (χ1) is 9.61. The summed E-state index contributed by atoms with van der Waals surface area (Å²) in [4.78, 5) is 19.6. The number of thiazole rings is 1. The quantitative estimate of drug-likeness (QED) is 0.576. The molecule has 20 heavy (non-hydrogen) atoms. The number of fused-ring (bicyclic) bond motifs is 1. The number of amides is 1. The second kappa shape index (κ2) is 4.93. The van der Waals surface area contributed by atoms with Gasteiger partial charge in [0.25, 0.3) is 0 Å².